The molecule has 0 saturated heterocycles. The van der Waals surface area contributed by atoms with E-state index in [9.17, 15) is 0 Å². The van der Waals surface area contributed by atoms with Gasteiger partial charge in [-0.05, 0) is 17.5 Å². The topological polar surface area (TPSA) is 64.9 Å². The molecule has 0 spiro atoms. The third-order valence-corrected chi connectivity index (χ3v) is 3.79. The average Bonchev–Trinajstić information content (AvgIpc) is 2.89. The van der Waals surface area contributed by atoms with Crippen molar-refractivity contribution < 1.29 is 4.74 Å². The van der Waals surface area contributed by atoms with Gasteiger partial charge in [0.15, 0.2) is 11.6 Å². The van der Waals surface area contributed by atoms with Crippen LogP contribution in [0.25, 0.3) is 11.4 Å². The van der Waals surface area contributed by atoms with Crippen LogP contribution in [0, 0.1) is 5.41 Å². The summed E-state index contributed by atoms with van der Waals surface area (Å²) in [6.45, 7) is 8.38. The summed E-state index contributed by atoms with van der Waals surface area (Å²) in [5.74, 6) is 2.39. The highest BCUT2D eigenvalue weighted by Crippen LogP contribution is 2.36. The van der Waals surface area contributed by atoms with Gasteiger partial charge in [0.25, 0.3) is 0 Å². The van der Waals surface area contributed by atoms with Gasteiger partial charge in [-0.2, -0.15) is 0 Å². The second kappa shape index (κ2) is 5.11. The molecule has 2 aromatic heterocycles. The Balaban J connectivity index is 2.10. The Labute approximate surface area is 124 Å². The number of hydrogen-bond donors (Lipinski definition) is 1. The number of hydrogen-bond acceptors (Lipinski definition) is 5. The lowest BCUT2D eigenvalue weighted by Crippen LogP contribution is -2.40. The monoisotopic (exact) mass is 287 g/mol. The molecule has 0 aromatic carbocycles. The zero-order chi connectivity index (χ0) is 15.0. The Morgan fingerprint density at radius 3 is 2.86 bits per heavy atom. The average molecular weight is 287 g/mol. The van der Waals surface area contributed by atoms with Crippen molar-refractivity contribution in [1.29, 1.82) is 0 Å². The molecular formula is C15H21N5O. The third kappa shape index (κ3) is 2.40. The number of ether oxygens (including phenoxy) is 1. The first-order chi connectivity index (χ1) is 10.0. The number of rotatable bonds is 2. The molecule has 3 heterocycles. The van der Waals surface area contributed by atoms with E-state index in [1.807, 2.05) is 12.1 Å². The quantitative estimate of drug-likeness (QED) is 0.915. The van der Waals surface area contributed by atoms with Gasteiger partial charge >= 0.3 is 0 Å². The van der Waals surface area contributed by atoms with E-state index in [2.05, 4.69) is 45.8 Å². The van der Waals surface area contributed by atoms with Crippen LogP contribution in [0.1, 0.15) is 32.6 Å². The summed E-state index contributed by atoms with van der Waals surface area (Å²) >= 11 is 0. The molecule has 6 nitrogen and oxygen atoms in total. The van der Waals surface area contributed by atoms with E-state index in [1.54, 1.807) is 13.3 Å². The molecule has 0 bridgehead atoms. The molecule has 0 amide bonds. The molecule has 0 saturated carbocycles. The minimum atomic E-state index is 0.0848. The van der Waals surface area contributed by atoms with Crippen LogP contribution >= 0.6 is 0 Å². The van der Waals surface area contributed by atoms with Crippen LogP contribution in [0.4, 0.5) is 0 Å². The number of fused-ring (bicyclic) bond motifs is 1. The first-order valence-electron chi connectivity index (χ1n) is 7.18. The Morgan fingerprint density at radius 1 is 1.33 bits per heavy atom. The molecule has 1 N–H and O–H groups in total. The fourth-order valence-electron chi connectivity index (χ4n) is 2.78. The van der Waals surface area contributed by atoms with Crippen molar-refractivity contribution in [2.75, 3.05) is 13.7 Å². The zero-order valence-corrected chi connectivity index (χ0v) is 12.9. The van der Waals surface area contributed by atoms with E-state index in [0.29, 0.717) is 5.88 Å². The Hall–Kier alpha value is -1.95. The highest BCUT2D eigenvalue weighted by Gasteiger charge is 2.34. The summed E-state index contributed by atoms with van der Waals surface area (Å²) in [5.41, 5.74) is 0.968. The molecule has 0 fully saturated rings. The minimum Gasteiger partial charge on any atom is -0.480 e. The molecule has 0 radical (unpaired) electrons. The highest BCUT2D eigenvalue weighted by atomic mass is 16.5. The van der Waals surface area contributed by atoms with E-state index in [4.69, 9.17) is 4.74 Å². The third-order valence-electron chi connectivity index (χ3n) is 3.79. The predicted molar refractivity (Wildman–Crippen MR) is 80.0 cm³/mol. The lowest BCUT2D eigenvalue weighted by molar-refractivity contribution is 0.233. The van der Waals surface area contributed by atoms with Crippen LogP contribution < -0.4 is 10.1 Å². The summed E-state index contributed by atoms with van der Waals surface area (Å²) in [5, 5.41) is 12.4. The maximum atomic E-state index is 5.35. The van der Waals surface area contributed by atoms with E-state index >= 15 is 0 Å². The smallest absolute Gasteiger partial charge is 0.224 e. The Kier molecular flexibility index (Phi) is 3.41. The minimum absolute atomic E-state index is 0.0848. The molecule has 2 aromatic rings. The van der Waals surface area contributed by atoms with Crippen LogP contribution in [-0.2, 0) is 6.54 Å². The summed E-state index contributed by atoms with van der Waals surface area (Å²) in [4.78, 5) is 4.25. The van der Waals surface area contributed by atoms with Gasteiger partial charge in [-0.3, -0.25) is 0 Å². The molecule has 6 heteroatoms. The zero-order valence-electron chi connectivity index (χ0n) is 12.9. The highest BCUT2D eigenvalue weighted by molar-refractivity contribution is 5.61. The van der Waals surface area contributed by atoms with Crippen molar-refractivity contribution in [3.63, 3.8) is 0 Å². The molecule has 1 aliphatic heterocycles. The first kappa shape index (κ1) is 14.0. The van der Waals surface area contributed by atoms with Crippen molar-refractivity contribution in [3.8, 4) is 17.3 Å². The number of nitrogens with zero attached hydrogens (tertiary/aromatic N) is 4. The van der Waals surface area contributed by atoms with Gasteiger partial charge in [-0.15, -0.1) is 10.2 Å². The van der Waals surface area contributed by atoms with Crippen molar-refractivity contribution >= 4 is 0 Å². The molecule has 112 valence electrons. The number of methoxy groups -OCH3 is 1. The van der Waals surface area contributed by atoms with Gasteiger partial charge in [0.2, 0.25) is 5.88 Å². The molecular weight excluding hydrogens is 266 g/mol. The van der Waals surface area contributed by atoms with E-state index < -0.39 is 0 Å². The molecule has 3 rings (SSSR count). The van der Waals surface area contributed by atoms with Crippen molar-refractivity contribution in [2.24, 2.45) is 5.41 Å². The Morgan fingerprint density at radius 2 is 2.14 bits per heavy atom. The molecule has 1 atom stereocenters. The SMILES string of the molecule is COc1ncccc1-c1nnc2n1CCNC2C(C)(C)C. The standard InChI is InChI=1S/C15H21N5O/c1-15(2,3)11-13-19-18-12(20(13)9-8-16-11)10-6-5-7-17-14(10)21-4/h5-7,11,16H,8-9H2,1-4H3. The predicted octanol–water partition coefficient (Wildman–Crippen LogP) is 2.04. The van der Waals surface area contributed by atoms with Crippen LogP contribution in [0.2, 0.25) is 0 Å². The Bertz CT molecular complexity index is 644. The second-order valence-electron chi connectivity index (χ2n) is 6.35. The van der Waals surface area contributed by atoms with Crippen LogP contribution in [0.15, 0.2) is 18.3 Å². The summed E-state index contributed by atoms with van der Waals surface area (Å²) in [6, 6.07) is 4.05. The molecule has 21 heavy (non-hydrogen) atoms. The van der Waals surface area contributed by atoms with Gasteiger partial charge in [-0.25, -0.2) is 4.98 Å². The normalized spacial score (nSPS) is 18.4. The number of nitrogens with one attached hydrogen (secondary N) is 1. The van der Waals surface area contributed by atoms with E-state index in [-0.39, 0.29) is 11.5 Å². The summed E-state index contributed by atoms with van der Waals surface area (Å²) in [7, 11) is 1.62. The van der Waals surface area contributed by atoms with Crippen molar-refractivity contribution in [1.82, 2.24) is 25.1 Å². The first-order valence-corrected chi connectivity index (χ1v) is 7.18. The second-order valence-corrected chi connectivity index (χ2v) is 6.35. The fraction of sp³-hybridized carbons (Fsp3) is 0.533. The van der Waals surface area contributed by atoms with Crippen LogP contribution in [-0.4, -0.2) is 33.4 Å². The molecule has 1 unspecified atom stereocenters. The lowest BCUT2D eigenvalue weighted by atomic mass is 9.85. The number of pyridine rings is 1. The maximum absolute atomic E-state index is 5.35. The van der Waals surface area contributed by atoms with E-state index in [0.717, 1.165) is 30.3 Å². The van der Waals surface area contributed by atoms with E-state index in [1.165, 1.54) is 0 Å². The van der Waals surface area contributed by atoms with Crippen LogP contribution in [0.5, 0.6) is 5.88 Å². The van der Waals surface area contributed by atoms with Gasteiger partial charge in [0, 0.05) is 19.3 Å². The number of aromatic nitrogens is 4. The molecule has 0 aliphatic carbocycles. The lowest BCUT2D eigenvalue weighted by Gasteiger charge is -2.34. The van der Waals surface area contributed by atoms with Crippen LogP contribution in [0.3, 0.4) is 0 Å². The fourth-order valence-corrected chi connectivity index (χ4v) is 2.78. The van der Waals surface area contributed by atoms with Gasteiger partial charge in [-0.1, -0.05) is 20.8 Å². The maximum Gasteiger partial charge on any atom is 0.224 e. The van der Waals surface area contributed by atoms with Crippen molar-refractivity contribution in [2.45, 2.75) is 33.4 Å². The summed E-state index contributed by atoms with van der Waals surface area (Å²) < 4.78 is 7.52. The molecule has 1 aliphatic rings. The largest absolute Gasteiger partial charge is 0.480 e. The summed E-state index contributed by atoms with van der Waals surface area (Å²) in [6.07, 6.45) is 1.72. The van der Waals surface area contributed by atoms with Crippen molar-refractivity contribution in [3.05, 3.63) is 24.2 Å². The van der Waals surface area contributed by atoms with Gasteiger partial charge < -0.3 is 14.6 Å². The van der Waals surface area contributed by atoms with Gasteiger partial charge in [0.05, 0.1) is 18.7 Å². The van der Waals surface area contributed by atoms with Gasteiger partial charge in [0.1, 0.15) is 0 Å².